The van der Waals surface area contributed by atoms with Gasteiger partial charge >= 0.3 is 0 Å². The molecule has 0 saturated carbocycles. The average Bonchev–Trinajstić information content (AvgIpc) is 2.31. The number of nitrogens with zero attached hydrogens (tertiary/aromatic N) is 1. The molecular formula is C8H6ClNO. The summed E-state index contributed by atoms with van der Waals surface area (Å²) >= 11 is 5.58. The van der Waals surface area contributed by atoms with Crippen molar-refractivity contribution in [3.8, 4) is 0 Å². The Labute approximate surface area is 68.8 Å². The summed E-state index contributed by atoms with van der Waals surface area (Å²) in [6, 6.07) is 5.76. The van der Waals surface area contributed by atoms with E-state index in [1.807, 2.05) is 25.1 Å². The highest BCUT2D eigenvalue weighted by atomic mass is 35.5. The molecule has 1 aromatic carbocycles. The van der Waals surface area contributed by atoms with Crippen molar-refractivity contribution in [1.82, 2.24) is 4.98 Å². The van der Waals surface area contributed by atoms with Crippen LogP contribution < -0.4 is 0 Å². The number of para-hydroxylation sites is 1. The molecule has 0 amide bonds. The lowest BCUT2D eigenvalue weighted by Gasteiger charge is -1.88. The van der Waals surface area contributed by atoms with Crippen molar-refractivity contribution in [3.05, 3.63) is 29.1 Å². The van der Waals surface area contributed by atoms with Crippen LogP contribution in [0.2, 0.25) is 5.35 Å². The second-order valence-electron chi connectivity index (χ2n) is 2.39. The molecular weight excluding hydrogens is 162 g/mol. The number of benzene rings is 1. The Bertz CT molecular complexity index is 394. The quantitative estimate of drug-likeness (QED) is 0.603. The van der Waals surface area contributed by atoms with Gasteiger partial charge in [0.2, 0.25) is 0 Å². The van der Waals surface area contributed by atoms with Gasteiger partial charge < -0.3 is 4.42 Å². The van der Waals surface area contributed by atoms with Gasteiger partial charge in [-0.1, -0.05) is 12.1 Å². The minimum absolute atomic E-state index is 0.203. The van der Waals surface area contributed by atoms with E-state index in [-0.39, 0.29) is 5.35 Å². The molecule has 0 bridgehead atoms. The summed E-state index contributed by atoms with van der Waals surface area (Å²) in [5, 5.41) is 0.203. The number of rotatable bonds is 0. The van der Waals surface area contributed by atoms with Crippen LogP contribution in [0.1, 0.15) is 5.56 Å². The zero-order chi connectivity index (χ0) is 7.84. The molecule has 0 spiro atoms. The maximum atomic E-state index is 5.58. The third-order valence-electron chi connectivity index (χ3n) is 1.59. The molecule has 3 heteroatoms. The molecule has 0 radical (unpaired) electrons. The van der Waals surface area contributed by atoms with Crippen LogP contribution in [0.4, 0.5) is 0 Å². The van der Waals surface area contributed by atoms with Gasteiger partial charge in [-0.25, -0.2) is 0 Å². The number of hydrogen-bond donors (Lipinski definition) is 0. The van der Waals surface area contributed by atoms with E-state index < -0.39 is 0 Å². The van der Waals surface area contributed by atoms with Gasteiger partial charge in [0.15, 0.2) is 5.58 Å². The number of halogens is 1. The highest BCUT2D eigenvalue weighted by Gasteiger charge is 2.03. The Kier molecular flexibility index (Phi) is 1.36. The molecule has 2 rings (SSSR count). The molecule has 1 heterocycles. The topological polar surface area (TPSA) is 26.0 Å². The normalized spacial score (nSPS) is 10.7. The first kappa shape index (κ1) is 6.68. The summed E-state index contributed by atoms with van der Waals surface area (Å²) in [7, 11) is 0. The Hall–Kier alpha value is -1.02. The molecule has 0 fully saturated rings. The highest BCUT2D eigenvalue weighted by molar-refractivity contribution is 6.28. The van der Waals surface area contributed by atoms with Crippen LogP contribution in [-0.4, -0.2) is 4.98 Å². The third-order valence-corrected chi connectivity index (χ3v) is 1.75. The lowest BCUT2D eigenvalue weighted by molar-refractivity contribution is 0.602. The predicted octanol–water partition coefficient (Wildman–Crippen LogP) is 2.79. The Morgan fingerprint density at radius 1 is 1.45 bits per heavy atom. The average molecular weight is 168 g/mol. The monoisotopic (exact) mass is 167 g/mol. The third kappa shape index (κ3) is 0.994. The molecule has 0 N–H and O–H groups in total. The number of aryl methyl sites for hydroxylation is 1. The maximum Gasteiger partial charge on any atom is 0.293 e. The Balaban J connectivity index is 2.90. The first-order valence-electron chi connectivity index (χ1n) is 3.29. The first-order chi connectivity index (χ1) is 5.27. The van der Waals surface area contributed by atoms with Crippen LogP contribution in [0.5, 0.6) is 0 Å². The van der Waals surface area contributed by atoms with Gasteiger partial charge in [-0.2, -0.15) is 4.98 Å². The highest BCUT2D eigenvalue weighted by Crippen LogP contribution is 2.21. The van der Waals surface area contributed by atoms with Crippen molar-refractivity contribution in [2.75, 3.05) is 0 Å². The fourth-order valence-electron chi connectivity index (χ4n) is 1.06. The van der Waals surface area contributed by atoms with Crippen LogP contribution in [0.15, 0.2) is 22.6 Å². The van der Waals surface area contributed by atoms with Crippen molar-refractivity contribution in [2.45, 2.75) is 6.92 Å². The summed E-state index contributed by atoms with van der Waals surface area (Å²) in [4.78, 5) is 3.97. The molecule has 0 aliphatic carbocycles. The van der Waals surface area contributed by atoms with Crippen LogP contribution in [0.25, 0.3) is 11.1 Å². The summed E-state index contributed by atoms with van der Waals surface area (Å²) < 4.78 is 5.15. The molecule has 0 saturated heterocycles. The van der Waals surface area contributed by atoms with E-state index in [1.165, 1.54) is 0 Å². The van der Waals surface area contributed by atoms with Gasteiger partial charge in [-0.05, 0) is 30.2 Å². The van der Waals surface area contributed by atoms with Crippen molar-refractivity contribution in [2.24, 2.45) is 0 Å². The second-order valence-corrected chi connectivity index (χ2v) is 2.71. The summed E-state index contributed by atoms with van der Waals surface area (Å²) in [6.45, 7) is 1.96. The van der Waals surface area contributed by atoms with Crippen LogP contribution >= 0.6 is 11.6 Å². The van der Waals surface area contributed by atoms with E-state index in [2.05, 4.69) is 4.98 Å². The fraction of sp³-hybridized carbons (Fsp3) is 0.125. The van der Waals surface area contributed by atoms with Gasteiger partial charge in [0.1, 0.15) is 5.52 Å². The number of aromatic nitrogens is 1. The molecule has 2 aromatic rings. The Morgan fingerprint density at radius 3 is 3.00 bits per heavy atom. The SMILES string of the molecule is Cc1cccc2nc(Cl)oc12. The molecule has 11 heavy (non-hydrogen) atoms. The number of fused-ring (bicyclic) bond motifs is 1. The van der Waals surface area contributed by atoms with Crippen molar-refractivity contribution in [3.63, 3.8) is 0 Å². The van der Waals surface area contributed by atoms with Gasteiger partial charge in [0, 0.05) is 0 Å². The van der Waals surface area contributed by atoms with Gasteiger partial charge in [0.05, 0.1) is 0 Å². The Morgan fingerprint density at radius 2 is 2.27 bits per heavy atom. The van der Waals surface area contributed by atoms with E-state index in [0.717, 1.165) is 16.7 Å². The largest absolute Gasteiger partial charge is 0.427 e. The molecule has 0 aliphatic rings. The molecule has 2 nitrogen and oxygen atoms in total. The number of hydrogen-bond acceptors (Lipinski definition) is 2. The molecule has 0 aliphatic heterocycles. The minimum Gasteiger partial charge on any atom is -0.427 e. The van der Waals surface area contributed by atoms with E-state index >= 15 is 0 Å². The van der Waals surface area contributed by atoms with E-state index in [0.29, 0.717) is 0 Å². The second kappa shape index (κ2) is 2.24. The minimum atomic E-state index is 0.203. The fourth-order valence-corrected chi connectivity index (χ4v) is 1.23. The lowest BCUT2D eigenvalue weighted by Crippen LogP contribution is -1.71. The van der Waals surface area contributed by atoms with Crippen molar-refractivity contribution < 1.29 is 4.42 Å². The van der Waals surface area contributed by atoms with Crippen molar-refractivity contribution >= 4 is 22.7 Å². The first-order valence-corrected chi connectivity index (χ1v) is 3.67. The number of oxazole rings is 1. The predicted molar refractivity (Wildman–Crippen MR) is 43.8 cm³/mol. The van der Waals surface area contributed by atoms with E-state index in [9.17, 15) is 0 Å². The van der Waals surface area contributed by atoms with Crippen LogP contribution in [0.3, 0.4) is 0 Å². The smallest absolute Gasteiger partial charge is 0.293 e. The van der Waals surface area contributed by atoms with Gasteiger partial charge in [-0.15, -0.1) is 0 Å². The zero-order valence-electron chi connectivity index (χ0n) is 5.97. The van der Waals surface area contributed by atoms with Gasteiger partial charge in [-0.3, -0.25) is 0 Å². The van der Waals surface area contributed by atoms with E-state index in [4.69, 9.17) is 16.0 Å². The molecule has 0 atom stereocenters. The van der Waals surface area contributed by atoms with Crippen molar-refractivity contribution in [1.29, 1.82) is 0 Å². The summed E-state index contributed by atoms with van der Waals surface area (Å²) in [5.41, 5.74) is 2.65. The van der Waals surface area contributed by atoms with E-state index in [1.54, 1.807) is 0 Å². The maximum absolute atomic E-state index is 5.58. The summed E-state index contributed by atoms with van der Waals surface area (Å²) in [5.74, 6) is 0. The standard InChI is InChI=1S/C8H6ClNO/c1-5-3-2-4-6-7(5)11-8(9)10-6/h2-4H,1H3. The molecule has 1 aromatic heterocycles. The van der Waals surface area contributed by atoms with Crippen LogP contribution in [-0.2, 0) is 0 Å². The zero-order valence-corrected chi connectivity index (χ0v) is 6.72. The lowest BCUT2D eigenvalue weighted by atomic mass is 10.2. The van der Waals surface area contributed by atoms with Crippen LogP contribution in [0, 0.1) is 6.92 Å². The van der Waals surface area contributed by atoms with Gasteiger partial charge in [0.25, 0.3) is 5.35 Å². The molecule has 56 valence electrons. The summed E-state index contributed by atoms with van der Waals surface area (Å²) in [6.07, 6.45) is 0. The molecule has 0 unspecified atom stereocenters.